The van der Waals surface area contributed by atoms with Crippen LogP contribution in [0.15, 0.2) is 47.8 Å². The number of anilines is 1. The van der Waals surface area contributed by atoms with Gasteiger partial charge in [0, 0.05) is 11.1 Å². The van der Waals surface area contributed by atoms with Gasteiger partial charge in [-0.25, -0.2) is 4.98 Å². The highest BCUT2D eigenvalue weighted by Crippen LogP contribution is 2.37. The maximum Gasteiger partial charge on any atom is 0.0898 e. The molecule has 0 spiro atoms. The molecule has 1 N–H and O–H groups in total. The Balaban J connectivity index is 1.56. The van der Waals surface area contributed by atoms with Crippen LogP contribution in [0.2, 0.25) is 0 Å². The van der Waals surface area contributed by atoms with Crippen molar-refractivity contribution in [2.75, 3.05) is 5.32 Å². The molecule has 0 unspecified atom stereocenters. The predicted octanol–water partition coefficient (Wildman–Crippen LogP) is 4.63. The van der Waals surface area contributed by atoms with Gasteiger partial charge < -0.3 is 5.32 Å². The van der Waals surface area contributed by atoms with Crippen LogP contribution in [0.4, 0.5) is 5.69 Å². The molecular formula is C18H16N2S. The number of aromatic nitrogens is 1. The molecule has 1 aromatic heterocycles. The molecule has 0 amide bonds. The fourth-order valence-corrected chi connectivity index (χ4v) is 3.55. The molecule has 0 aliphatic heterocycles. The van der Waals surface area contributed by atoms with E-state index >= 15 is 0 Å². The smallest absolute Gasteiger partial charge is 0.0898 e. The molecule has 0 bridgehead atoms. The number of hydrogen-bond donors (Lipinski definition) is 1. The van der Waals surface area contributed by atoms with Crippen molar-refractivity contribution in [1.82, 2.24) is 4.98 Å². The van der Waals surface area contributed by atoms with Gasteiger partial charge in [0.15, 0.2) is 0 Å². The molecule has 0 atom stereocenters. The largest absolute Gasteiger partial charge is 0.379 e. The number of aryl methyl sites for hydroxylation is 1. The molecular weight excluding hydrogens is 276 g/mol. The van der Waals surface area contributed by atoms with Crippen molar-refractivity contribution < 1.29 is 0 Å². The Labute approximate surface area is 128 Å². The van der Waals surface area contributed by atoms with Gasteiger partial charge >= 0.3 is 0 Å². The van der Waals surface area contributed by atoms with Gasteiger partial charge in [0.1, 0.15) is 0 Å². The molecule has 104 valence electrons. The number of benzene rings is 2. The average Bonchev–Trinajstić information content (AvgIpc) is 3.07. The number of thiazole rings is 1. The van der Waals surface area contributed by atoms with Crippen LogP contribution in [0.5, 0.6) is 0 Å². The number of hydrogen-bond acceptors (Lipinski definition) is 3. The summed E-state index contributed by atoms with van der Waals surface area (Å²) in [4.78, 5) is 4.49. The number of rotatable bonds is 3. The van der Waals surface area contributed by atoms with Crippen LogP contribution in [0.3, 0.4) is 0 Å². The van der Waals surface area contributed by atoms with E-state index in [0.717, 1.165) is 23.7 Å². The molecule has 3 heteroatoms. The Morgan fingerprint density at radius 2 is 1.95 bits per heavy atom. The van der Waals surface area contributed by atoms with Crippen molar-refractivity contribution in [2.24, 2.45) is 0 Å². The lowest BCUT2D eigenvalue weighted by Crippen LogP contribution is -2.00. The van der Waals surface area contributed by atoms with Crippen LogP contribution in [0, 0.1) is 6.92 Å². The molecule has 1 aliphatic carbocycles. The third-order valence-corrected chi connectivity index (χ3v) is 4.76. The molecule has 1 heterocycles. The van der Waals surface area contributed by atoms with Gasteiger partial charge in [-0.3, -0.25) is 0 Å². The minimum atomic E-state index is 0.788. The molecule has 0 saturated carbocycles. The molecule has 4 rings (SSSR count). The maximum absolute atomic E-state index is 4.49. The second-order valence-electron chi connectivity index (χ2n) is 5.42. The van der Waals surface area contributed by atoms with Crippen molar-refractivity contribution in [3.63, 3.8) is 0 Å². The van der Waals surface area contributed by atoms with E-state index in [1.54, 1.807) is 11.3 Å². The highest BCUT2D eigenvalue weighted by molar-refractivity contribution is 7.09. The fraction of sp³-hybridized carbons (Fsp3) is 0.167. The Morgan fingerprint density at radius 3 is 2.81 bits per heavy atom. The second kappa shape index (κ2) is 5.01. The van der Waals surface area contributed by atoms with Gasteiger partial charge in [-0.15, -0.1) is 11.3 Å². The molecule has 21 heavy (non-hydrogen) atoms. The van der Waals surface area contributed by atoms with Crippen molar-refractivity contribution >= 4 is 17.0 Å². The Kier molecular flexibility index (Phi) is 3.00. The third-order valence-electron chi connectivity index (χ3n) is 3.93. The zero-order chi connectivity index (χ0) is 14.2. The highest BCUT2D eigenvalue weighted by atomic mass is 32.1. The van der Waals surface area contributed by atoms with Crippen molar-refractivity contribution in [1.29, 1.82) is 0 Å². The van der Waals surface area contributed by atoms with E-state index in [1.807, 2.05) is 6.92 Å². The van der Waals surface area contributed by atoms with Gasteiger partial charge in [-0.2, -0.15) is 0 Å². The number of fused-ring (bicyclic) bond motifs is 3. The van der Waals surface area contributed by atoms with Gasteiger partial charge in [0.25, 0.3) is 0 Å². The van der Waals surface area contributed by atoms with Crippen LogP contribution in [-0.4, -0.2) is 4.98 Å². The zero-order valence-corrected chi connectivity index (χ0v) is 12.7. The standard InChI is InChI=1S/C18H16N2S/c1-12-20-16(11-21-12)10-19-15-6-7-18-14(9-15)8-13-4-2-3-5-17(13)18/h2-7,9,11,19H,8,10H2,1H3. The van der Waals surface area contributed by atoms with Crippen molar-refractivity contribution in [3.8, 4) is 11.1 Å². The summed E-state index contributed by atoms with van der Waals surface area (Å²) in [5.74, 6) is 0. The average molecular weight is 292 g/mol. The second-order valence-corrected chi connectivity index (χ2v) is 6.48. The first-order chi connectivity index (χ1) is 10.3. The first kappa shape index (κ1) is 12.6. The van der Waals surface area contributed by atoms with Gasteiger partial charge in [-0.05, 0) is 47.7 Å². The normalized spacial score (nSPS) is 12.0. The Morgan fingerprint density at radius 1 is 1.10 bits per heavy atom. The molecule has 0 saturated heterocycles. The fourth-order valence-electron chi connectivity index (χ4n) is 2.94. The van der Waals surface area contributed by atoms with E-state index in [1.165, 1.54) is 27.9 Å². The Hall–Kier alpha value is -2.13. The highest BCUT2D eigenvalue weighted by Gasteiger charge is 2.17. The number of nitrogens with zero attached hydrogens (tertiary/aromatic N) is 1. The van der Waals surface area contributed by atoms with E-state index in [9.17, 15) is 0 Å². The predicted molar refractivity (Wildman–Crippen MR) is 88.9 cm³/mol. The SMILES string of the molecule is Cc1nc(CNc2ccc3c(c2)Cc2ccccc2-3)cs1. The number of nitrogens with one attached hydrogen (secondary N) is 1. The van der Waals surface area contributed by atoms with Crippen LogP contribution in [-0.2, 0) is 13.0 Å². The minimum Gasteiger partial charge on any atom is -0.379 e. The summed E-state index contributed by atoms with van der Waals surface area (Å²) in [6.07, 6.45) is 1.04. The first-order valence-electron chi connectivity index (χ1n) is 7.16. The van der Waals surface area contributed by atoms with Gasteiger partial charge in [-0.1, -0.05) is 30.3 Å². The molecule has 2 nitrogen and oxygen atoms in total. The molecule has 3 aromatic rings. The van der Waals surface area contributed by atoms with E-state index in [4.69, 9.17) is 0 Å². The lowest BCUT2D eigenvalue weighted by atomic mass is 10.1. The van der Waals surface area contributed by atoms with Crippen LogP contribution >= 0.6 is 11.3 Å². The van der Waals surface area contributed by atoms with Gasteiger partial charge in [0.05, 0.1) is 17.2 Å². The Bertz CT molecular complexity index is 804. The summed E-state index contributed by atoms with van der Waals surface area (Å²) in [6.45, 7) is 2.83. The summed E-state index contributed by atoms with van der Waals surface area (Å²) in [5, 5.41) is 6.71. The molecule has 2 aromatic carbocycles. The quantitative estimate of drug-likeness (QED) is 0.595. The lowest BCUT2D eigenvalue weighted by molar-refractivity contribution is 1.05. The summed E-state index contributed by atoms with van der Waals surface area (Å²) >= 11 is 1.70. The van der Waals surface area contributed by atoms with Crippen molar-refractivity contribution in [3.05, 3.63) is 69.7 Å². The molecule has 0 radical (unpaired) electrons. The van der Waals surface area contributed by atoms with E-state index in [-0.39, 0.29) is 0 Å². The van der Waals surface area contributed by atoms with Crippen LogP contribution in [0.1, 0.15) is 21.8 Å². The third kappa shape index (κ3) is 2.34. The maximum atomic E-state index is 4.49. The van der Waals surface area contributed by atoms with Crippen LogP contribution < -0.4 is 5.32 Å². The van der Waals surface area contributed by atoms with Gasteiger partial charge in [0.2, 0.25) is 0 Å². The summed E-state index contributed by atoms with van der Waals surface area (Å²) in [6, 6.07) is 15.3. The minimum absolute atomic E-state index is 0.788. The summed E-state index contributed by atoms with van der Waals surface area (Å²) in [5.41, 5.74) is 7.89. The van der Waals surface area contributed by atoms with Crippen LogP contribution in [0.25, 0.3) is 11.1 Å². The molecule has 0 fully saturated rings. The monoisotopic (exact) mass is 292 g/mol. The first-order valence-corrected chi connectivity index (χ1v) is 8.03. The summed E-state index contributed by atoms with van der Waals surface area (Å²) in [7, 11) is 0. The molecule has 1 aliphatic rings. The lowest BCUT2D eigenvalue weighted by Gasteiger charge is -2.07. The van der Waals surface area contributed by atoms with E-state index in [2.05, 4.69) is 58.1 Å². The van der Waals surface area contributed by atoms with Crippen molar-refractivity contribution in [2.45, 2.75) is 19.9 Å². The van der Waals surface area contributed by atoms with E-state index in [0.29, 0.717) is 0 Å². The summed E-state index contributed by atoms with van der Waals surface area (Å²) < 4.78 is 0. The zero-order valence-electron chi connectivity index (χ0n) is 11.9. The topological polar surface area (TPSA) is 24.9 Å². The van der Waals surface area contributed by atoms with E-state index < -0.39 is 0 Å².